The van der Waals surface area contributed by atoms with E-state index in [1.165, 1.54) is 18.8 Å². The van der Waals surface area contributed by atoms with Gasteiger partial charge in [0.05, 0.1) is 23.8 Å². The minimum Gasteiger partial charge on any atom is -0.465 e. The molecule has 0 bridgehead atoms. The van der Waals surface area contributed by atoms with Crippen LogP contribution in [-0.2, 0) is 14.6 Å². The molecule has 0 radical (unpaired) electrons. The highest BCUT2D eigenvalue weighted by Crippen LogP contribution is 2.22. The Morgan fingerprint density at radius 2 is 2.04 bits per heavy atom. The molecule has 1 N–H and O–H groups in total. The van der Waals surface area contributed by atoms with Crippen LogP contribution in [0.3, 0.4) is 0 Å². The summed E-state index contributed by atoms with van der Waals surface area (Å²) in [6, 6.07) is 3.04. The molecule has 3 rings (SSSR count). The monoisotopic (exact) mass is 338 g/mol. The van der Waals surface area contributed by atoms with E-state index in [9.17, 15) is 13.2 Å². The highest BCUT2D eigenvalue weighted by molar-refractivity contribution is 7.91. The predicted molar refractivity (Wildman–Crippen MR) is 87.5 cm³/mol. The van der Waals surface area contributed by atoms with Gasteiger partial charge in [-0.15, -0.1) is 0 Å². The molecule has 0 aliphatic carbocycles. The second kappa shape index (κ2) is 6.88. The zero-order valence-corrected chi connectivity index (χ0v) is 13.8. The molecule has 2 atom stereocenters. The maximum Gasteiger partial charge on any atom is 0.244 e. The SMILES string of the molecule is O=C(/C=C\c1ccco1)N[C@@H]1CS(=O)(=O)C[C@@H]1N1CCCCC1. The largest absolute Gasteiger partial charge is 0.465 e. The minimum absolute atomic E-state index is 0.0223. The Morgan fingerprint density at radius 3 is 2.74 bits per heavy atom. The molecular weight excluding hydrogens is 316 g/mol. The van der Waals surface area contributed by atoms with Gasteiger partial charge in [-0.05, 0) is 44.1 Å². The first-order valence-electron chi connectivity index (χ1n) is 8.00. The van der Waals surface area contributed by atoms with Gasteiger partial charge in [0.1, 0.15) is 5.76 Å². The zero-order valence-electron chi connectivity index (χ0n) is 13.0. The number of carbonyl (C=O) groups is 1. The fourth-order valence-corrected chi connectivity index (χ4v) is 5.30. The smallest absolute Gasteiger partial charge is 0.244 e. The Balaban J connectivity index is 1.65. The number of likely N-dealkylation sites (tertiary alicyclic amines) is 1. The van der Waals surface area contributed by atoms with Crippen LogP contribution in [0.2, 0.25) is 0 Å². The van der Waals surface area contributed by atoms with Crippen molar-refractivity contribution in [3.63, 3.8) is 0 Å². The van der Waals surface area contributed by atoms with Gasteiger partial charge in [0.25, 0.3) is 0 Å². The molecule has 0 spiro atoms. The Kier molecular flexibility index (Phi) is 4.87. The number of hydrogen-bond acceptors (Lipinski definition) is 5. The molecule has 0 saturated carbocycles. The van der Waals surface area contributed by atoms with Crippen molar-refractivity contribution in [1.29, 1.82) is 0 Å². The first kappa shape index (κ1) is 16.3. The van der Waals surface area contributed by atoms with Crippen LogP contribution in [0.4, 0.5) is 0 Å². The summed E-state index contributed by atoms with van der Waals surface area (Å²) in [5.74, 6) is 0.464. The van der Waals surface area contributed by atoms with Gasteiger partial charge in [-0.25, -0.2) is 8.42 Å². The number of sulfone groups is 1. The average molecular weight is 338 g/mol. The maximum atomic E-state index is 12.1. The molecular formula is C16H22N2O4S. The third kappa shape index (κ3) is 4.23. The topological polar surface area (TPSA) is 79.6 Å². The van der Waals surface area contributed by atoms with Gasteiger partial charge in [0.15, 0.2) is 9.84 Å². The highest BCUT2D eigenvalue weighted by atomic mass is 32.2. The Labute approximate surface area is 136 Å². The van der Waals surface area contributed by atoms with E-state index in [0.717, 1.165) is 25.9 Å². The highest BCUT2D eigenvalue weighted by Gasteiger charge is 2.41. The molecule has 2 aliphatic heterocycles. The number of amides is 1. The van der Waals surface area contributed by atoms with E-state index < -0.39 is 9.84 Å². The lowest BCUT2D eigenvalue weighted by molar-refractivity contribution is -0.117. The predicted octanol–water partition coefficient (Wildman–Crippen LogP) is 1.06. The molecule has 1 aromatic rings. The first-order chi connectivity index (χ1) is 11.0. The molecule has 0 unspecified atom stereocenters. The van der Waals surface area contributed by atoms with Crippen LogP contribution < -0.4 is 5.32 Å². The van der Waals surface area contributed by atoms with Crippen molar-refractivity contribution in [2.24, 2.45) is 0 Å². The second-order valence-electron chi connectivity index (χ2n) is 6.20. The van der Waals surface area contributed by atoms with Crippen LogP contribution in [0, 0.1) is 0 Å². The van der Waals surface area contributed by atoms with Crippen LogP contribution in [-0.4, -0.2) is 55.9 Å². The lowest BCUT2D eigenvalue weighted by Gasteiger charge is -2.34. The summed E-state index contributed by atoms with van der Waals surface area (Å²) in [6.07, 6.45) is 7.88. The number of carbonyl (C=O) groups excluding carboxylic acids is 1. The Hall–Kier alpha value is -1.60. The van der Waals surface area contributed by atoms with E-state index in [-0.39, 0.29) is 29.5 Å². The summed E-state index contributed by atoms with van der Waals surface area (Å²) in [5.41, 5.74) is 0. The van der Waals surface area contributed by atoms with Crippen LogP contribution >= 0.6 is 0 Å². The summed E-state index contributed by atoms with van der Waals surface area (Å²) in [7, 11) is -3.10. The standard InChI is InChI=1S/C16H22N2O4S/c19-16(7-6-13-5-4-10-22-13)17-14-11-23(20,21)12-15(14)18-8-2-1-3-9-18/h4-7,10,14-15H,1-3,8-9,11-12H2,(H,17,19)/b7-6-/t14-,15+/m1/s1. The van der Waals surface area contributed by atoms with Gasteiger partial charge in [0.2, 0.25) is 5.91 Å². The number of furan rings is 1. The van der Waals surface area contributed by atoms with E-state index in [0.29, 0.717) is 5.76 Å². The van der Waals surface area contributed by atoms with Crippen molar-refractivity contribution in [3.05, 3.63) is 30.2 Å². The van der Waals surface area contributed by atoms with Crippen molar-refractivity contribution >= 4 is 21.8 Å². The summed E-state index contributed by atoms with van der Waals surface area (Å²) in [5, 5.41) is 2.86. The molecule has 126 valence electrons. The van der Waals surface area contributed by atoms with Gasteiger partial charge < -0.3 is 9.73 Å². The molecule has 1 amide bonds. The van der Waals surface area contributed by atoms with Crippen molar-refractivity contribution in [2.45, 2.75) is 31.3 Å². The number of rotatable bonds is 4. The third-order valence-electron chi connectivity index (χ3n) is 4.45. The molecule has 7 heteroatoms. The normalized spacial score (nSPS) is 28.2. The van der Waals surface area contributed by atoms with Crippen LogP contribution in [0.5, 0.6) is 0 Å². The first-order valence-corrected chi connectivity index (χ1v) is 9.82. The van der Waals surface area contributed by atoms with Crippen LogP contribution in [0.1, 0.15) is 25.0 Å². The van der Waals surface area contributed by atoms with Crippen LogP contribution in [0.25, 0.3) is 6.08 Å². The fraction of sp³-hybridized carbons (Fsp3) is 0.562. The number of hydrogen-bond donors (Lipinski definition) is 1. The van der Waals surface area contributed by atoms with Crippen molar-refractivity contribution in [1.82, 2.24) is 10.2 Å². The number of nitrogens with one attached hydrogen (secondary N) is 1. The van der Waals surface area contributed by atoms with Gasteiger partial charge in [0, 0.05) is 12.1 Å². The van der Waals surface area contributed by atoms with E-state index in [1.807, 2.05) is 0 Å². The Morgan fingerprint density at radius 1 is 1.26 bits per heavy atom. The second-order valence-corrected chi connectivity index (χ2v) is 8.36. The summed E-state index contributed by atoms with van der Waals surface area (Å²) in [4.78, 5) is 14.3. The van der Waals surface area contributed by atoms with E-state index in [2.05, 4.69) is 10.2 Å². The Bertz CT molecular complexity index is 660. The zero-order chi connectivity index (χ0) is 16.3. The van der Waals surface area contributed by atoms with Gasteiger partial charge in [-0.3, -0.25) is 9.69 Å². The molecule has 1 aromatic heterocycles. The molecule has 23 heavy (non-hydrogen) atoms. The average Bonchev–Trinajstić information content (AvgIpc) is 3.13. The van der Waals surface area contributed by atoms with Gasteiger partial charge >= 0.3 is 0 Å². The molecule has 6 nitrogen and oxygen atoms in total. The summed E-state index contributed by atoms with van der Waals surface area (Å²) in [6.45, 7) is 1.82. The summed E-state index contributed by atoms with van der Waals surface area (Å²) >= 11 is 0. The fourth-order valence-electron chi connectivity index (χ4n) is 3.35. The minimum atomic E-state index is -3.10. The van der Waals surface area contributed by atoms with E-state index in [4.69, 9.17) is 4.42 Å². The van der Waals surface area contributed by atoms with Crippen LogP contribution in [0.15, 0.2) is 28.9 Å². The van der Waals surface area contributed by atoms with Crippen molar-refractivity contribution in [2.75, 3.05) is 24.6 Å². The van der Waals surface area contributed by atoms with Gasteiger partial charge in [-0.1, -0.05) is 6.42 Å². The maximum absolute atomic E-state index is 12.1. The number of nitrogens with zero attached hydrogens (tertiary/aromatic N) is 1. The quantitative estimate of drug-likeness (QED) is 0.831. The number of piperidine rings is 1. The lowest BCUT2D eigenvalue weighted by Crippen LogP contribution is -2.52. The molecule has 2 fully saturated rings. The molecule has 0 aromatic carbocycles. The molecule has 2 saturated heterocycles. The lowest BCUT2D eigenvalue weighted by atomic mass is 10.0. The van der Waals surface area contributed by atoms with Gasteiger partial charge in [-0.2, -0.15) is 0 Å². The molecule has 3 heterocycles. The van der Waals surface area contributed by atoms with Crippen molar-refractivity contribution < 1.29 is 17.6 Å². The van der Waals surface area contributed by atoms with E-state index >= 15 is 0 Å². The third-order valence-corrected chi connectivity index (χ3v) is 6.17. The molecule has 2 aliphatic rings. The van der Waals surface area contributed by atoms with E-state index in [1.54, 1.807) is 18.2 Å². The summed E-state index contributed by atoms with van der Waals surface area (Å²) < 4.78 is 29.2. The van der Waals surface area contributed by atoms with Crippen molar-refractivity contribution in [3.8, 4) is 0 Å².